The monoisotopic (exact) mass is 569 g/mol. The maximum absolute atomic E-state index is 7.65. The molecule has 45 heavy (non-hydrogen) atoms. The Kier molecular flexibility index (Phi) is 4.82. The van der Waals surface area contributed by atoms with Crippen LogP contribution in [0, 0.1) is 6.57 Å². The van der Waals surface area contributed by atoms with E-state index in [1.807, 2.05) is 24.3 Å². The van der Waals surface area contributed by atoms with E-state index in [1.165, 1.54) is 59.8 Å². The van der Waals surface area contributed by atoms with E-state index in [0.717, 1.165) is 39.0 Å². The Hall–Kier alpha value is -6.17. The lowest BCUT2D eigenvalue weighted by Gasteiger charge is -2.22. The molecule has 0 saturated heterocycles. The van der Waals surface area contributed by atoms with E-state index >= 15 is 0 Å². The van der Waals surface area contributed by atoms with Crippen molar-refractivity contribution in [2.24, 2.45) is 0 Å². The number of hydrogen-bond donors (Lipinski definition) is 0. The van der Waals surface area contributed by atoms with Gasteiger partial charge < -0.3 is 4.74 Å². The van der Waals surface area contributed by atoms with Crippen LogP contribution in [0.4, 0.5) is 5.69 Å². The summed E-state index contributed by atoms with van der Waals surface area (Å²) in [5.41, 5.74) is 7.64. The van der Waals surface area contributed by atoms with Crippen LogP contribution in [0.2, 0.25) is 0 Å². The van der Waals surface area contributed by atoms with Gasteiger partial charge in [0.25, 0.3) is 0 Å². The summed E-state index contributed by atoms with van der Waals surface area (Å²) in [4.78, 5) is 3.75. The first-order valence-electron chi connectivity index (χ1n) is 15.2. The first-order chi connectivity index (χ1) is 22.2. The van der Waals surface area contributed by atoms with Crippen LogP contribution in [0.1, 0.15) is 0 Å². The average Bonchev–Trinajstić information content (AvgIpc) is 3.10. The molecular formula is C43H23NO. The molecule has 1 heterocycles. The third kappa shape index (κ3) is 3.44. The predicted octanol–water partition coefficient (Wildman–Crippen LogP) is 12.5. The molecule has 0 spiro atoms. The van der Waals surface area contributed by atoms with Crippen LogP contribution < -0.4 is 4.74 Å². The zero-order valence-corrected chi connectivity index (χ0v) is 24.1. The summed E-state index contributed by atoms with van der Waals surface area (Å²) in [6.45, 7) is 7.65. The maximum Gasteiger partial charge on any atom is 0.195 e. The Bertz CT molecular complexity index is 2680. The number of ether oxygens (including phenoxy) is 1. The van der Waals surface area contributed by atoms with E-state index in [4.69, 9.17) is 11.3 Å². The SMILES string of the molecule is [C-]#[N+]c1ccc2c3c(cccc13)-c1cc(-c3cc4ccc5cc(-c6cccc7ccccc67)cc6ccc(c3)c4c56)ccc1O2. The molecule has 0 radical (unpaired) electrons. The molecule has 0 bridgehead atoms. The summed E-state index contributed by atoms with van der Waals surface area (Å²) in [5, 5.41) is 12.1. The molecule has 10 rings (SSSR count). The van der Waals surface area contributed by atoms with Crippen LogP contribution in [-0.2, 0) is 0 Å². The van der Waals surface area contributed by atoms with E-state index in [0.29, 0.717) is 5.69 Å². The van der Waals surface area contributed by atoms with E-state index < -0.39 is 0 Å². The van der Waals surface area contributed by atoms with Gasteiger partial charge in [0.05, 0.1) is 6.57 Å². The Morgan fingerprint density at radius 3 is 1.78 bits per heavy atom. The highest BCUT2D eigenvalue weighted by Crippen LogP contribution is 2.50. The number of benzene rings is 9. The Balaban J connectivity index is 1.13. The lowest BCUT2D eigenvalue weighted by atomic mass is 9.88. The van der Waals surface area contributed by atoms with Crippen LogP contribution in [0.5, 0.6) is 11.5 Å². The number of hydrogen-bond acceptors (Lipinski definition) is 1. The van der Waals surface area contributed by atoms with Crippen molar-refractivity contribution in [2.75, 3.05) is 0 Å². The Labute approximate surface area is 259 Å². The number of nitrogens with zero attached hydrogens (tertiary/aromatic N) is 1. The van der Waals surface area contributed by atoms with E-state index in [1.54, 1.807) is 0 Å². The molecule has 0 amide bonds. The zero-order chi connectivity index (χ0) is 29.6. The molecule has 206 valence electrons. The highest BCUT2D eigenvalue weighted by Gasteiger charge is 2.22. The van der Waals surface area contributed by atoms with Gasteiger partial charge in [0, 0.05) is 10.9 Å². The fraction of sp³-hybridized carbons (Fsp3) is 0. The van der Waals surface area contributed by atoms with Crippen LogP contribution in [0.15, 0.2) is 140 Å². The molecule has 2 heteroatoms. The Morgan fingerprint density at radius 2 is 1.02 bits per heavy atom. The molecule has 1 aliphatic rings. The molecule has 0 aromatic heterocycles. The minimum absolute atomic E-state index is 0.648. The second kappa shape index (κ2) is 8.92. The van der Waals surface area contributed by atoms with Crippen molar-refractivity contribution in [2.45, 2.75) is 0 Å². The summed E-state index contributed by atoms with van der Waals surface area (Å²) < 4.78 is 6.36. The largest absolute Gasteiger partial charge is 0.456 e. The maximum atomic E-state index is 7.65. The first-order valence-corrected chi connectivity index (χ1v) is 15.2. The average molecular weight is 570 g/mol. The second-order valence-corrected chi connectivity index (χ2v) is 12.0. The number of fused-ring (bicyclic) bond motifs is 3. The molecule has 9 aromatic rings. The quantitative estimate of drug-likeness (QED) is 0.149. The van der Waals surface area contributed by atoms with Crippen molar-refractivity contribution in [1.82, 2.24) is 0 Å². The third-order valence-electron chi connectivity index (χ3n) is 9.56. The van der Waals surface area contributed by atoms with Gasteiger partial charge in [0.2, 0.25) is 0 Å². The lowest BCUT2D eigenvalue weighted by Crippen LogP contribution is -1.97. The van der Waals surface area contributed by atoms with Gasteiger partial charge >= 0.3 is 0 Å². The zero-order valence-electron chi connectivity index (χ0n) is 24.1. The topological polar surface area (TPSA) is 13.6 Å². The predicted molar refractivity (Wildman–Crippen MR) is 188 cm³/mol. The molecule has 0 unspecified atom stereocenters. The first kappa shape index (κ1) is 24.3. The van der Waals surface area contributed by atoms with E-state index in [2.05, 4.69) is 120 Å². The molecule has 0 fully saturated rings. The summed E-state index contributed by atoms with van der Waals surface area (Å²) in [7, 11) is 0. The molecule has 0 atom stereocenters. The van der Waals surface area contributed by atoms with Crippen LogP contribution in [-0.4, -0.2) is 0 Å². The minimum atomic E-state index is 0.648. The molecule has 2 nitrogen and oxygen atoms in total. The van der Waals surface area contributed by atoms with Gasteiger partial charge in [-0.25, -0.2) is 4.85 Å². The van der Waals surface area contributed by atoms with Crippen LogP contribution in [0.3, 0.4) is 0 Å². The molecular weight excluding hydrogens is 546 g/mol. The van der Waals surface area contributed by atoms with Gasteiger partial charge in [-0.05, 0) is 119 Å². The van der Waals surface area contributed by atoms with Crippen LogP contribution in [0.25, 0.3) is 92.1 Å². The molecule has 9 aromatic carbocycles. The van der Waals surface area contributed by atoms with Crippen molar-refractivity contribution in [3.8, 4) is 44.9 Å². The van der Waals surface area contributed by atoms with E-state index in [9.17, 15) is 0 Å². The van der Waals surface area contributed by atoms with Crippen molar-refractivity contribution in [1.29, 1.82) is 0 Å². The summed E-state index contributed by atoms with van der Waals surface area (Å²) in [6.07, 6.45) is 0. The third-order valence-corrected chi connectivity index (χ3v) is 9.56. The fourth-order valence-electron chi connectivity index (χ4n) is 7.53. The lowest BCUT2D eigenvalue weighted by molar-refractivity contribution is 0.487. The van der Waals surface area contributed by atoms with Crippen molar-refractivity contribution in [3.05, 3.63) is 151 Å². The molecule has 1 aliphatic heterocycles. The number of rotatable bonds is 2. The smallest absolute Gasteiger partial charge is 0.195 e. The summed E-state index contributed by atoms with van der Waals surface area (Å²) >= 11 is 0. The van der Waals surface area contributed by atoms with Gasteiger partial charge in [-0.3, -0.25) is 0 Å². The van der Waals surface area contributed by atoms with Gasteiger partial charge in [-0.15, -0.1) is 0 Å². The van der Waals surface area contributed by atoms with Crippen molar-refractivity contribution >= 4 is 59.5 Å². The van der Waals surface area contributed by atoms with Crippen molar-refractivity contribution in [3.63, 3.8) is 0 Å². The van der Waals surface area contributed by atoms with E-state index in [-0.39, 0.29) is 0 Å². The molecule has 0 aliphatic carbocycles. The summed E-state index contributed by atoms with van der Waals surface area (Å²) in [5.74, 6) is 1.65. The molecule has 0 saturated carbocycles. The second-order valence-electron chi connectivity index (χ2n) is 12.0. The summed E-state index contributed by atoms with van der Waals surface area (Å²) in [6, 6.07) is 50.0. The normalized spacial score (nSPS) is 12.2. The van der Waals surface area contributed by atoms with Crippen molar-refractivity contribution < 1.29 is 4.74 Å². The standard InChI is InChI=1S/C43H23NO/c1-44-38-17-19-40-43-35(10-5-11-36(38)43)37-24-26(16-18-39(37)45-40)31-20-27-12-14-29-22-32(23-30-15-13-28(21-31)41(27)42(29)30)34-9-4-7-25-6-2-3-8-33(25)34/h2-24H. The Morgan fingerprint density at radius 1 is 0.400 bits per heavy atom. The highest BCUT2D eigenvalue weighted by molar-refractivity contribution is 6.25. The van der Waals surface area contributed by atoms with Gasteiger partial charge in [0.15, 0.2) is 5.69 Å². The van der Waals surface area contributed by atoms with Gasteiger partial charge in [-0.1, -0.05) is 97.1 Å². The fourth-order valence-corrected chi connectivity index (χ4v) is 7.53. The van der Waals surface area contributed by atoms with Gasteiger partial charge in [-0.2, -0.15) is 0 Å². The van der Waals surface area contributed by atoms with Gasteiger partial charge in [0.1, 0.15) is 11.5 Å². The highest BCUT2D eigenvalue weighted by atomic mass is 16.5. The minimum Gasteiger partial charge on any atom is -0.456 e. The van der Waals surface area contributed by atoms with Crippen LogP contribution >= 0.6 is 0 Å². The molecule has 0 N–H and O–H groups in total.